The van der Waals surface area contributed by atoms with Gasteiger partial charge in [0, 0.05) is 28.4 Å². The lowest BCUT2D eigenvalue weighted by atomic mass is 9.96. The van der Waals surface area contributed by atoms with Gasteiger partial charge >= 0.3 is 0 Å². The minimum atomic E-state index is -0.151. The maximum absolute atomic E-state index is 11.9. The molecule has 2 rings (SSSR count). The van der Waals surface area contributed by atoms with E-state index in [1.165, 1.54) is 0 Å². The number of carbonyl (C=O) groups is 1. The number of rotatable bonds is 4. The molecule has 0 aliphatic carbocycles. The molecular formula is C15H18BrN3O2. The lowest BCUT2D eigenvalue weighted by Gasteiger charge is -2.10. The first-order chi connectivity index (χ1) is 9.84. The van der Waals surface area contributed by atoms with Gasteiger partial charge in [0.1, 0.15) is 0 Å². The van der Waals surface area contributed by atoms with E-state index in [1.807, 2.05) is 45.0 Å². The average Bonchev–Trinajstić information content (AvgIpc) is 2.88. The van der Waals surface area contributed by atoms with Crippen molar-refractivity contribution >= 4 is 27.5 Å². The molecule has 0 saturated carbocycles. The summed E-state index contributed by atoms with van der Waals surface area (Å²) in [6, 6.07) is 7.44. The molecule has 0 fully saturated rings. The van der Waals surface area contributed by atoms with Crippen LogP contribution in [0.3, 0.4) is 0 Å². The van der Waals surface area contributed by atoms with E-state index in [0.717, 1.165) is 10.2 Å². The summed E-state index contributed by atoms with van der Waals surface area (Å²) in [5, 5.41) is 6.76. The van der Waals surface area contributed by atoms with Gasteiger partial charge in [-0.25, -0.2) is 0 Å². The Morgan fingerprint density at radius 1 is 1.29 bits per heavy atom. The smallest absolute Gasteiger partial charge is 0.227 e. The van der Waals surface area contributed by atoms with Gasteiger partial charge in [-0.3, -0.25) is 4.79 Å². The fourth-order valence-electron chi connectivity index (χ4n) is 1.64. The summed E-state index contributed by atoms with van der Waals surface area (Å²) >= 11 is 3.35. The van der Waals surface area contributed by atoms with Crippen molar-refractivity contribution < 1.29 is 9.32 Å². The van der Waals surface area contributed by atoms with Gasteiger partial charge in [0.05, 0.1) is 0 Å². The second-order valence-electron chi connectivity index (χ2n) is 5.82. The van der Waals surface area contributed by atoms with Gasteiger partial charge < -0.3 is 9.84 Å². The van der Waals surface area contributed by atoms with Gasteiger partial charge in [0.2, 0.25) is 11.8 Å². The molecule has 5 nitrogen and oxygen atoms in total. The van der Waals surface area contributed by atoms with Crippen LogP contribution in [-0.2, 0) is 16.6 Å². The Morgan fingerprint density at radius 3 is 2.52 bits per heavy atom. The highest BCUT2D eigenvalue weighted by Gasteiger charge is 2.21. The Bertz CT molecular complexity index is 615. The molecule has 1 N–H and O–H groups in total. The predicted molar refractivity (Wildman–Crippen MR) is 84.1 cm³/mol. The summed E-state index contributed by atoms with van der Waals surface area (Å²) in [6.45, 7) is 6.05. The summed E-state index contributed by atoms with van der Waals surface area (Å²) < 4.78 is 6.13. The van der Waals surface area contributed by atoms with Gasteiger partial charge in [-0.2, -0.15) is 4.98 Å². The summed E-state index contributed by atoms with van der Waals surface area (Å²) in [5.41, 5.74) is 0.616. The number of benzene rings is 1. The quantitative estimate of drug-likeness (QED) is 0.911. The number of nitrogens with zero attached hydrogens (tertiary/aromatic N) is 2. The van der Waals surface area contributed by atoms with Crippen LogP contribution >= 0.6 is 15.9 Å². The number of aromatic nitrogens is 2. The van der Waals surface area contributed by atoms with Crippen LogP contribution in [0.4, 0.5) is 5.69 Å². The third-order valence-corrected chi connectivity index (χ3v) is 3.36. The van der Waals surface area contributed by atoms with E-state index >= 15 is 0 Å². The van der Waals surface area contributed by atoms with Crippen molar-refractivity contribution in [3.8, 4) is 0 Å². The van der Waals surface area contributed by atoms with Gasteiger partial charge in [0.15, 0.2) is 5.82 Å². The predicted octanol–water partition coefficient (Wildman–Crippen LogP) is 3.70. The third-order valence-electron chi connectivity index (χ3n) is 2.83. The number of carbonyl (C=O) groups excluding carboxylic acids is 1. The number of halogens is 1. The summed E-state index contributed by atoms with van der Waals surface area (Å²) in [6.07, 6.45) is 0.743. The zero-order valence-corrected chi connectivity index (χ0v) is 13.9. The maximum atomic E-state index is 11.9. The topological polar surface area (TPSA) is 68.0 Å². The Balaban J connectivity index is 1.86. The number of anilines is 1. The highest BCUT2D eigenvalue weighted by Crippen LogP contribution is 2.19. The molecule has 0 aliphatic rings. The average molecular weight is 352 g/mol. The molecular weight excluding hydrogens is 334 g/mol. The van der Waals surface area contributed by atoms with E-state index in [4.69, 9.17) is 4.52 Å². The Hall–Kier alpha value is -1.69. The Kier molecular flexibility index (Phi) is 4.77. The summed E-state index contributed by atoms with van der Waals surface area (Å²) in [5.74, 6) is 1.07. The molecule has 112 valence electrons. The fraction of sp³-hybridized carbons (Fsp3) is 0.400. The number of hydrogen-bond acceptors (Lipinski definition) is 4. The summed E-state index contributed by atoms with van der Waals surface area (Å²) in [7, 11) is 0. The number of nitrogens with one attached hydrogen (secondary N) is 1. The van der Waals surface area contributed by atoms with Crippen molar-refractivity contribution in [1.82, 2.24) is 10.1 Å². The lowest BCUT2D eigenvalue weighted by Crippen LogP contribution is -2.14. The second kappa shape index (κ2) is 6.39. The van der Waals surface area contributed by atoms with Crippen LogP contribution in [0.1, 0.15) is 38.9 Å². The molecule has 6 heteroatoms. The molecule has 0 aliphatic heterocycles. The minimum absolute atomic E-state index is 0.0761. The number of hydrogen-bond donors (Lipinski definition) is 1. The zero-order chi connectivity index (χ0) is 15.5. The van der Waals surface area contributed by atoms with Crippen molar-refractivity contribution in [3.05, 3.63) is 40.5 Å². The standard InChI is InChI=1S/C15H18BrN3O2/c1-15(2,3)14-18-13(21-19-14)9-8-12(20)17-11-6-4-10(16)5-7-11/h4-7H,8-9H2,1-3H3,(H,17,20). The van der Waals surface area contributed by atoms with E-state index in [2.05, 4.69) is 31.4 Å². The molecule has 21 heavy (non-hydrogen) atoms. The molecule has 0 bridgehead atoms. The van der Waals surface area contributed by atoms with Crippen LogP contribution in [0.2, 0.25) is 0 Å². The molecule has 0 atom stereocenters. The van der Waals surface area contributed by atoms with E-state index in [1.54, 1.807) is 0 Å². The third kappa shape index (κ3) is 4.67. The second-order valence-corrected chi connectivity index (χ2v) is 6.73. The normalized spacial score (nSPS) is 11.4. The molecule has 1 amide bonds. The van der Waals surface area contributed by atoms with Crippen molar-refractivity contribution in [3.63, 3.8) is 0 Å². The van der Waals surface area contributed by atoms with Crippen molar-refractivity contribution in [1.29, 1.82) is 0 Å². The van der Waals surface area contributed by atoms with E-state index < -0.39 is 0 Å². The summed E-state index contributed by atoms with van der Waals surface area (Å²) in [4.78, 5) is 16.2. The first-order valence-corrected chi connectivity index (χ1v) is 7.52. The molecule has 0 spiro atoms. The van der Waals surface area contributed by atoms with Crippen LogP contribution in [0, 0.1) is 0 Å². The van der Waals surface area contributed by atoms with Crippen LogP contribution in [0.15, 0.2) is 33.3 Å². The van der Waals surface area contributed by atoms with Gasteiger partial charge in [0.25, 0.3) is 0 Å². The zero-order valence-electron chi connectivity index (χ0n) is 12.3. The lowest BCUT2D eigenvalue weighted by molar-refractivity contribution is -0.116. The number of amides is 1. The van der Waals surface area contributed by atoms with Crippen molar-refractivity contribution in [2.75, 3.05) is 5.32 Å². The van der Waals surface area contributed by atoms with Crippen LogP contribution in [0.5, 0.6) is 0 Å². The van der Waals surface area contributed by atoms with Crippen LogP contribution in [-0.4, -0.2) is 16.0 Å². The van der Waals surface area contributed by atoms with Crippen LogP contribution in [0.25, 0.3) is 0 Å². The molecule has 1 heterocycles. The van der Waals surface area contributed by atoms with Gasteiger partial charge in [-0.05, 0) is 24.3 Å². The first kappa shape index (κ1) is 15.7. The fourth-order valence-corrected chi connectivity index (χ4v) is 1.90. The molecule has 2 aromatic rings. The minimum Gasteiger partial charge on any atom is -0.339 e. The number of aryl methyl sites for hydroxylation is 1. The Labute approximate surface area is 132 Å². The van der Waals surface area contributed by atoms with E-state index in [9.17, 15) is 4.79 Å². The van der Waals surface area contributed by atoms with Crippen LogP contribution < -0.4 is 5.32 Å². The van der Waals surface area contributed by atoms with Gasteiger partial charge in [-0.1, -0.05) is 41.9 Å². The highest BCUT2D eigenvalue weighted by molar-refractivity contribution is 9.10. The largest absolute Gasteiger partial charge is 0.339 e. The molecule has 0 saturated heterocycles. The van der Waals surface area contributed by atoms with Gasteiger partial charge in [-0.15, -0.1) is 0 Å². The SMILES string of the molecule is CC(C)(C)c1noc(CCC(=O)Nc2ccc(Br)cc2)n1. The maximum Gasteiger partial charge on any atom is 0.227 e. The Morgan fingerprint density at radius 2 is 1.95 bits per heavy atom. The molecule has 0 radical (unpaired) electrons. The molecule has 0 unspecified atom stereocenters. The van der Waals surface area contributed by atoms with E-state index in [0.29, 0.717) is 24.6 Å². The molecule has 1 aromatic carbocycles. The van der Waals surface area contributed by atoms with Crippen molar-refractivity contribution in [2.45, 2.75) is 39.0 Å². The van der Waals surface area contributed by atoms with Crippen molar-refractivity contribution in [2.24, 2.45) is 0 Å². The molecule has 1 aromatic heterocycles. The monoisotopic (exact) mass is 351 g/mol. The van der Waals surface area contributed by atoms with E-state index in [-0.39, 0.29) is 11.3 Å². The highest BCUT2D eigenvalue weighted by atomic mass is 79.9. The first-order valence-electron chi connectivity index (χ1n) is 6.73.